The molecular weight excluding hydrogens is 186 g/mol. The second-order valence-electron chi connectivity index (χ2n) is 3.90. The maximum atomic E-state index is 9.84. The molecule has 0 aromatic heterocycles. The molecule has 0 saturated carbocycles. The summed E-state index contributed by atoms with van der Waals surface area (Å²) in [5.74, 6) is 0.474. The van der Waals surface area contributed by atoms with Gasteiger partial charge in [-0.25, -0.2) is 0 Å². The third-order valence-corrected chi connectivity index (χ3v) is 2.71. The molecule has 1 unspecified atom stereocenters. The van der Waals surface area contributed by atoms with Crippen molar-refractivity contribution in [2.75, 3.05) is 0 Å². The fraction of sp³-hybridized carbons (Fsp3) is 0.462. The lowest BCUT2D eigenvalue weighted by Crippen LogP contribution is -1.95. The van der Waals surface area contributed by atoms with Crippen LogP contribution >= 0.6 is 0 Å². The van der Waals surface area contributed by atoms with E-state index < -0.39 is 0 Å². The standard InChI is InChI=1S/C13H17NO/c1-3-4-6-10(2)12-8-5-7-11(9-14)13(12)15/h5,7-8,10,15H,3-4,6H2,1-2H3. The first-order valence-corrected chi connectivity index (χ1v) is 5.42. The Labute approximate surface area is 91.2 Å². The molecule has 0 heterocycles. The minimum absolute atomic E-state index is 0.156. The van der Waals surface area contributed by atoms with Gasteiger partial charge in [-0.1, -0.05) is 38.8 Å². The van der Waals surface area contributed by atoms with Crippen LogP contribution in [0.2, 0.25) is 0 Å². The summed E-state index contributed by atoms with van der Waals surface area (Å²) in [6.45, 7) is 4.24. The lowest BCUT2D eigenvalue weighted by Gasteiger charge is -2.13. The van der Waals surface area contributed by atoms with Gasteiger partial charge in [0.2, 0.25) is 0 Å². The quantitative estimate of drug-likeness (QED) is 0.813. The van der Waals surface area contributed by atoms with Crippen LogP contribution in [0.15, 0.2) is 18.2 Å². The summed E-state index contributed by atoms with van der Waals surface area (Å²) in [4.78, 5) is 0. The van der Waals surface area contributed by atoms with Gasteiger partial charge in [0.05, 0.1) is 5.56 Å². The van der Waals surface area contributed by atoms with Crippen LogP contribution in [0.5, 0.6) is 5.75 Å². The third-order valence-electron chi connectivity index (χ3n) is 2.71. The van der Waals surface area contributed by atoms with Gasteiger partial charge in [-0.15, -0.1) is 0 Å². The number of unbranched alkanes of at least 4 members (excludes halogenated alkanes) is 1. The molecule has 0 bridgehead atoms. The van der Waals surface area contributed by atoms with Crippen molar-refractivity contribution in [2.24, 2.45) is 0 Å². The molecule has 1 rings (SSSR count). The summed E-state index contributed by atoms with van der Waals surface area (Å²) in [7, 11) is 0. The van der Waals surface area contributed by atoms with Gasteiger partial charge in [0, 0.05) is 0 Å². The number of nitriles is 1. The number of rotatable bonds is 4. The zero-order valence-corrected chi connectivity index (χ0v) is 9.33. The van der Waals surface area contributed by atoms with Gasteiger partial charge in [-0.3, -0.25) is 0 Å². The largest absolute Gasteiger partial charge is 0.506 e. The second kappa shape index (κ2) is 5.41. The van der Waals surface area contributed by atoms with Gasteiger partial charge in [0.1, 0.15) is 11.8 Å². The minimum Gasteiger partial charge on any atom is -0.506 e. The number of aromatic hydroxyl groups is 1. The molecule has 2 heteroatoms. The van der Waals surface area contributed by atoms with Crippen LogP contribution < -0.4 is 0 Å². The SMILES string of the molecule is CCCCC(C)c1cccc(C#N)c1O. The van der Waals surface area contributed by atoms with Gasteiger partial charge in [0.15, 0.2) is 0 Å². The zero-order chi connectivity index (χ0) is 11.3. The Bertz CT molecular complexity index is 365. The van der Waals surface area contributed by atoms with Crippen LogP contribution in [0.4, 0.5) is 0 Å². The molecule has 0 aliphatic heterocycles. The van der Waals surface area contributed by atoms with Crippen LogP contribution in [0.1, 0.15) is 50.2 Å². The topological polar surface area (TPSA) is 44.0 Å². The highest BCUT2D eigenvalue weighted by atomic mass is 16.3. The monoisotopic (exact) mass is 203 g/mol. The molecule has 1 aromatic carbocycles. The summed E-state index contributed by atoms with van der Waals surface area (Å²) in [5.41, 5.74) is 1.26. The molecule has 1 aromatic rings. The normalized spacial score (nSPS) is 12.1. The Morgan fingerprint density at radius 3 is 2.80 bits per heavy atom. The zero-order valence-electron chi connectivity index (χ0n) is 9.33. The van der Waals surface area contributed by atoms with Crippen LogP contribution in [0.25, 0.3) is 0 Å². The van der Waals surface area contributed by atoms with Crippen molar-refractivity contribution in [2.45, 2.75) is 39.0 Å². The number of phenols is 1. The van der Waals surface area contributed by atoms with E-state index in [0.29, 0.717) is 11.5 Å². The Hall–Kier alpha value is -1.49. The van der Waals surface area contributed by atoms with E-state index in [-0.39, 0.29) is 5.75 Å². The number of hydrogen-bond donors (Lipinski definition) is 1. The van der Waals surface area contributed by atoms with Crippen LogP contribution in [-0.4, -0.2) is 5.11 Å². The molecular formula is C13H17NO. The van der Waals surface area contributed by atoms with Gasteiger partial charge in [0.25, 0.3) is 0 Å². The highest BCUT2D eigenvalue weighted by Crippen LogP contribution is 2.31. The summed E-state index contributed by atoms with van der Waals surface area (Å²) >= 11 is 0. The number of benzene rings is 1. The molecule has 0 spiro atoms. The Balaban J connectivity index is 2.90. The maximum absolute atomic E-state index is 9.84. The van der Waals surface area contributed by atoms with Crippen LogP contribution in [-0.2, 0) is 0 Å². The van der Waals surface area contributed by atoms with Crippen LogP contribution in [0.3, 0.4) is 0 Å². The first kappa shape index (κ1) is 11.6. The molecule has 0 amide bonds. The molecule has 80 valence electrons. The third kappa shape index (κ3) is 2.73. The van der Waals surface area contributed by atoms with Crippen molar-refractivity contribution >= 4 is 0 Å². The molecule has 1 N–H and O–H groups in total. The highest BCUT2D eigenvalue weighted by Gasteiger charge is 2.12. The van der Waals surface area contributed by atoms with Crippen LogP contribution in [0, 0.1) is 11.3 Å². The Kier molecular flexibility index (Phi) is 4.17. The fourth-order valence-electron chi connectivity index (χ4n) is 1.72. The molecule has 15 heavy (non-hydrogen) atoms. The van der Waals surface area contributed by atoms with Crippen molar-refractivity contribution in [1.29, 1.82) is 5.26 Å². The van der Waals surface area contributed by atoms with Crippen molar-refractivity contribution < 1.29 is 5.11 Å². The predicted octanol–water partition coefficient (Wildman–Crippen LogP) is 3.56. The van der Waals surface area contributed by atoms with E-state index in [1.54, 1.807) is 6.07 Å². The van der Waals surface area contributed by atoms with E-state index >= 15 is 0 Å². The predicted molar refractivity (Wildman–Crippen MR) is 60.8 cm³/mol. The molecule has 2 nitrogen and oxygen atoms in total. The second-order valence-corrected chi connectivity index (χ2v) is 3.90. The van der Waals surface area contributed by atoms with Crippen molar-refractivity contribution in [1.82, 2.24) is 0 Å². The number of para-hydroxylation sites is 1. The summed E-state index contributed by atoms with van der Waals surface area (Å²) in [6.07, 6.45) is 3.36. The Morgan fingerprint density at radius 1 is 1.47 bits per heavy atom. The molecule has 0 aliphatic carbocycles. The van der Waals surface area contributed by atoms with E-state index in [1.807, 2.05) is 18.2 Å². The smallest absolute Gasteiger partial charge is 0.136 e. The maximum Gasteiger partial charge on any atom is 0.136 e. The van der Waals surface area contributed by atoms with E-state index in [9.17, 15) is 5.11 Å². The summed E-state index contributed by atoms with van der Waals surface area (Å²) in [6, 6.07) is 7.37. The Morgan fingerprint density at radius 2 is 2.20 bits per heavy atom. The van der Waals surface area contributed by atoms with Crippen molar-refractivity contribution in [3.05, 3.63) is 29.3 Å². The minimum atomic E-state index is 0.156. The summed E-state index contributed by atoms with van der Waals surface area (Å²) in [5, 5.41) is 18.6. The first-order valence-electron chi connectivity index (χ1n) is 5.42. The lowest BCUT2D eigenvalue weighted by molar-refractivity contribution is 0.457. The number of phenolic OH excluding ortho intramolecular Hbond substituents is 1. The van der Waals surface area contributed by atoms with E-state index in [4.69, 9.17) is 5.26 Å². The molecule has 0 aliphatic rings. The van der Waals surface area contributed by atoms with Crippen molar-refractivity contribution in [3.63, 3.8) is 0 Å². The number of nitrogens with zero attached hydrogens (tertiary/aromatic N) is 1. The lowest BCUT2D eigenvalue weighted by atomic mass is 9.93. The summed E-state index contributed by atoms with van der Waals surface area (Å²) < 4.78 is 0. The molecule has 0 fully saturated rings. The van der Waals surface area contributed by atoms with Gasteiger partial charge in [-0.2, -0.15) is 5.26 Å². The van der Waals surface area contributed by atoms with Gasteiger partial charge in [-0.05, 0) is 24.0 Å². The van der Waals surface area contributed by atoms with E-state index in [2.05, 4.69) is 13.8 Å². The molecule has 1 atom stereocenters. The van der Waals surface area contributed by atoms with Gasteiger partial charge < -0.3 is 5.11 Å². The van der Waals surface area contributed by atoms with Crippen molar-refractivity contribution in [3.8, 4) is 11.8 Å². The first-order chi connectivity index (χ1) is 7.20. The van der Waals surface area contributed by atoms with Gasteiger partial charge >= 0.3 is 0 Å². The molecule has 0 radical (unpaired) electrons. The average Bonchev–Trinajstić information content (AvgIpc) is 2.26. The average molecular weight is 203 g/mol. The van der Waals surface area contributed by atoms with E-state index in [0.717, 1.165) is 24.8 Å². The van der Waals surface area contributed by atoms with E-state index in [1.165, 1.54) is 0 Å². The molecule has 0 saturated heterocycles. The number of hydrogen-bond acceptors (Lipinski definition) is 2. The fourth-order valence-corrected chi connectivity index (χ4v) is 1.72. The highest BCUT2D eigenvalue weighted by molar-refractivity contribution is 5.48.